The first-order valence-corrected chi connectivity index (χ1v) is 8.45. The number of para-hydroxylation sites is 1. The molecule has 0 unspecified atom stereocenters. The van der Waals surface area contributed by atoms with Gasteiger partial charge in [-0.2, -0.15) is 0 Å². The van der Waals surface area contributed by atoms with Gasteiger partial charge in [0.25, 0.3) is 0 Å². The number of methoxy groups -OCH3 is 1. The lowest BCUT2D eigenvalue weighted by Gasteiger charge is -2.29. The standard InChI is InChI=1S/C20H22N2O3/c1-25-17-9-6-15(7-10-17)14-19(23)21-12-13-22-18-5-3-2-4-16(18)8-11-20(22)24/h2-7,9-10H,8,11-14H2,1H3,(H,21,23). The summed E-state index contributed by atoms with van der Waals surface area (Å²) in [4.78, 5) is 26.0. The van der Waals surface area contributed by atoms with Crippen LogP contribution in [0, 0.1) is 0 Å². The summed E-state index contributed by atoms with van der Waals surface area (Å²) in [5, 5.41) is 2.89. The number of fused-ring (bicyclic) bond motifs is 1. The van der Waals surface area contributed by atoms with Crippen LogP contribution in [0.1, 0.15) is 17.5 Å². The van der Waals surface area contributed by atoms with Crippen LogP contribution < -0.4 is 15.0 Å². The van der Waals surface area contributed by atoms with Crippen molar-refractivity contribution in [1.29, 1.82) is 0 Å². The Labute approximate surface area is 147 Å². The third-order valence-electron chi connectivity index (χ3n) is 4.37. The van der Waals surface area contributed by atoms with E-state index >= 15 is 0 Å². The number of aryl methyl sites for hydroxylation is 1. The molecule has 0 atom stereocenters. The van der Waals surface area contributed by atoms with Crippen LogP contribution in [0.2, 0.25) is 0 Å². The molecule has 0 radical (unpaired) electrons. The lowest BCUT2D eigenvalue weighted by Crippen LogP contribution is -2.41. The lowest BCUT2D eigenvalue weighted by atomic mass is 10.0. The molecule has 25 heavy (non-hydrogen) atoms. The monoisotopic (exact) mass is 338 g/mol. The molecule has 0 spiro atoms. The summed E-state index contributed by atoms with van der Waals surface area (Å²) in [6.45, 7) is 0.930. The lowest BCUT2D eigenvalue weighted by molar-refractivity contribution is -0.121. The van der Waals surface area contributed by atoms with E-state index in [0.717, 1.165) is 23.4 Å². The third kappa shape index (κ3) is 4.18. The van der Waals surface area contributed by atoms with E-state index in [0.29, 0.717) is 25.9 Å². The van der Waals surface area contributed by atoms with Crippen molar-refractivity contribution in [3.63, 3.8) is 0 Å². The van der Waals surface area contributed by atoms with Crippen LogP contribution in [0.4, 0.5) is 5.69 Å². The number of ether oxygens (including phenoxy) is 1. The molecule has 3 rings (SSSR count). The smallest absolute Gasteiger partial charge is 0.227 e. The number of benzene rings is 2. The summed E-state index contributed by atoms with van der Waals surface area (Å²) < 4.78 is 5.11. The normalized spacial score (nSPS) is 13.3. The number of carbonyl (C=O) groups excluding carboxylic acids is 2. The summed E-state index contributed by atoms with van der Waals surface area (Å²) in [5.41, 5.74) is 3.08. The molecule has 1 heterocycles. The molecule has 1 aliphatic rings. The van der Waals surface area contributed by atoms with Gasteiger partial charge in [0.05, 0.1) is 13.5 Å². The van der Waals surface area contributed by atoms with Gasteiger partial charge in [0.15, 0.2) is 0 Å². The van der Waals surface area contributed by atoms with Crippen LogP contribution in [0.5, 0.6) is 5.75 Å². The van der Waals surface area contributed by atoms with Crippen molar-refractivity contribution in [2.45, 2.75) is 19.3 Å². The molecular formula is C20H22N2O3. The second kappa shape index (κ2) is 7.83. The Morgan fingerprint density at radius 2 is 1.88 bits per heavy atom. The quantitative estimate of drug-likeness (QED) is 0.879. The van der Waals surface area contributed by atoms with Gasteiger partial charge in [0, 0.05) is 25.2 Å². The number of anilines is 1. The summed E-state index contributed by atoms with van der Waals surface area (Å²) in [7, 11) is 1.61. The molecule has 2 aromatic carbocycles. The van der Waals surface area contributed by atoms with Crippen molar-refractivity contribution in [2.75, 3.05) is 25.1 Å². The first kappa shape index (κ1) is 17.0. The number of rotatable bonds is 6. The largest absolute Gasteiger partial charge is 0.497 e. The first-order valence-electron chi connectivity index (χ1n) is 8.45. The van der Waals surface area contributed by atoms with Gasteiger partial charge in [0.1, 0.15) is 5.75 Å². The second-order valence-corrected chi connectivity index (χ2v) is 6.05. The molecule has 1 N–H and O–H groups in total. The molecule has 2 aromatic rings. The van der Waals surface area contributed by atoms with E-state index in [-0.39, 0.29) is 11.8 Å². The maximum absolute atomic E-state index is 12.2. The van der Waals surface area contributed by atoms with E-state index < -0.39 is 0 Å². The van der Waals surface area contributed by atoms with Gasteiger partial charge < -0.3 is 15.0 Å². The van der Waals surface area contributed by atoms with E-state index in [9.17, 15) is 9.59 Å². The third-order valence-corrected chi connectivity index (χ3v) is 4.37. The van der Waals surface area contributed by atoms with Crippen molar-refractivity contribution in [3.05, 3.63) is 59.7 Å². The van der Waals surface area contributed by atoms with Crippen LogP contribution in [0.3, 0.4) is 0 Å². The number of hydrogen-bond acceptors (Lipinski definition) is 3. The van der Waals surface area contributed by atoms with Crippen molar-refractivity contribution >= 4 is 17.5 Å². The summed E-state index contributed by atoms with van der Waals surface area (Å²) in [5.74, 6) is 0.831. The average molecular weight is 338 g/mol. The number of nitrogens with zero attached hydrogens (tertiary/aromatic N) is 1. The highest BCUT2D eigenvalue weighted by Gasteiger charge is 2.23. The van der Waals surface area contributed by atoms with Gasteiger partial charge in [-0.1, -0.05) is 30.3 Å². The van der Waals surface area contributed by atoms with Gasteiger partial charge >= 0.3 is 0 Å². The summed E-state index contributed by atoms with van der Waals surface area (Å²) in [6.07, 6.45) is 1.63. The minimum absolute atomic E-state index is 0.0529. The molecule has 2 amide bonds. The SMILES string of the molecule is COc1ccc(CC(=O)NCCN2C(=O)CCc3ccccc32)cc1. The summed E-state index contributed by atoms with van der Waals surface area (Å²) in [6, 6.07) is 15.4. The molecule has 130 valence electrons. The van der Waals surface area contributed by atoms with Gasteiger partial charge in [-0.25, -0.2) is 0 Å². The molecule has 5 nitrogen and oxygen atoms in total. The Hall–Kier alpha value is -2.82. The minimum Gasteiger partial charge on any atom is -0.497 e. The van der Waals surface area contributed by atoms with Gasteiger partial charge in [-0.05, 0) is 35.7 Å². The number of hydrogen-bond donors (Lipinski definition) is 1. The zero-order valence-electron chi connectivity index (χ0n) is 14.3. The maximum atomic E-state index is 12.2. The van der Waals surface area contributed by atoms with Crippen molar-refractivity contribution in [3.8, 4) is 5.75 Å². The molecule has 0 saturated heterocycles. The van der Waals surface area contributed by atoms with E-state index in [1.165, 1.54) is 5.56 Å². The predicted octanol–water partition coefficient (Wildman–Crippen LogP) is 2.33. The van der Waals surface area contributed by atoms with E-state index in [4.69, 9.17) is 4.74 Å². The zero-order valence-corrected chi connectivity index (χ0v) is 14.3. The highest BCUT2D eigenvalue weighted by Crippen LogP contribution is 2.26. The topological polar surface area (TPSA) is 58.6 Å². The van der Waals surface area contributed by atoms with Crippen LogP contribution in [0.25, 0.3) is 0 Å². The summed E-state index contributed by atoms with van der Waals surface area (Å²) >= 11 is 0. The van der Waals surface area contributed by atoms with Crippen LogP contribution in [0.15, 0.2) is 48.5 Å². The Balaban J connectivity index is 1.52. The number of amides is 2. The van der Waals surface area contributed by atoms with E-state index in [1.54, 1.807) is 12.0 Å². The van der Waals surface area contributed by atoms with Crippen molar-refractivity contribution in [1.82, 2.24) is 5.32 Å². The molecule has 0 bridgehead atoms. The van der Waals surface area contributed by atoms with Crippen LogP contribution in [-0.4, -0.2) is 32.0 Å². The zero-order chi connectivity index (χ0) is 17.6. The Kier molecular flexibility index (Phi) is 5.33. The Morgan fingerprint density at radius 1 is 1.12 bits per heavy atom. The van der Waals surface area contributed by atoms with Gasteiger partial charge in [0.2, 0.25) is 11.8 Å². The molecule has 5 heteroatoms. The Bertz CT molecular complexity index is 756. The van der Waals surface area contributed by atoms with E-state index in [2.05, 4.69) is 11.4 Å². The average Bonchev–Trinajstić information content (AvgIpc) is 2.64. The second-order valence-electron chi connectivity index (χ2n) is 6.05. The van der Waals surface area contributed by atoms with Crippen LogP contribution in [-0.2, 0) is 22.4 Å². The molecule has 0 fully saturated rings. The number of carbonyl (C=O) groups is 2. The molecule has 0 saturated carbocycles. The molecule has 0 aliphatic carbocycles. The molecule has 1 aliphatic heterocycles. The highest BCUT2D eigenvalue weighted by atomic mass is 16.5. The fourth-order valence-corrected chi connectivity index (χ4v) is 3.04. The fraction of sp³-hybridized carbons (Fsp3) is 0.300. The fourth-order valence-electron chi connectivity index (χ4n) is 3.04. The van der Waals surface area contributed by atoms with Gasteiger partial charge in [-0.15, -0.1) is 0 Å². The van der Waals surface area contributed by atoms with Crippen molar-refractivity contribution < 1.29 is 14.3 Å². The number of nitrogens with one attached hydrogen (secondary N) is 1. The van der Waals surface area contributed by atoms with Crippen LogP contribution >= 0.6 is 0 Å². The first-order chi connectivity index (χ1) is 12.2. The molecular weight excluding hydrogens is 316 g/mol. The van der Waals surface area contributed by atoms with Gasteiger partial charge in [-0.3, -0.25) is 9.59 Å². The van der Waals surface area contributed by atoms with Crippen molar-refractivity contribution in [2.24, 2.45) is 0 Å². The predicted molar refractivity (Wildman–Crippen MR) is 96.8 cm³/mol. The molecule has 0 aromatic heterocycles. The Morgan fingerprint density at radius 3 is 2.64 bits per heavy atom. The highest BCUT2D eigenvalue weighted by molar-refractivity contribution is 5.96. The maximum Gasteiger partial charge on any atom is 0.227 e. The minimum atomic E-state index is -0.0529. The van der Waals surface area contributed by atoms with E-state index in [1.807, 2.05) is 42.5 Å².